The first kappa shape index (κ1) is 39.4. The molecule has 1 atom stereocenters. The van der Waals surface area contributed by atoms with Gasteiger partial charge in [-0.2, -0.15) is 0 Å². The van der Waals surface area contributed by atoms with Gasteiger partial charge in [0.1, 0.15) is 5.82 Å². The number of imide groups is 1. The van der Waals surface area contributed by atoms with Crippen molar-refractivity contribution in [3.63, 3.8) is 0 Å². The lowest BCUT2D eigenvalue weighted by Gasteiger charge is -2.44. The molecule has 2 aromatic heterocycles. The smallest absolute Gasteiger partial charge is 0.256 e. The maximum absolute atomic E-state index is 14.6. The third kappa shape index (κ3) is 9.33. The molecule has 2 aromatic carbocycles. The molecule has 0 radical (unpaired) electrons. The number of benzene rings is 2. The highest BCUT2D eigenvalue weighted by atomic mass is 35.5. The first-order valence-electron chi connectivity index (χ1n) is 20.1. The molecule has 6 heterocycles. The first-order chi connectivity index (χ1) is 27.6. The zero-order valence-corrected chi connectivity index (χ0v) is 34.0. The van der Waals surface area contributed by atoms with Crippen molar-refractivity contribution in [2.24, 2.45) is 5.41 Å². The molecule has 14 heteroatoms. The number of rotatable bonds is 10. The number of carbonyl (C=O) groups excluding carboxylic acids is 3. The van der Waals surface area contributed by atoms with Gasteiger partial charge >= 0.3 is 0 Å². The maximum atomic E-state index is 14.6. The Hall–Kier alpha value is -4.43. The van der Waals surface area contributed by atoms with Gasteiger partial charge in [-0.25, -0.2) is 14.4 Å². The van der Waals surface area contributed by atoms with Gasteiger partial charge in [-0.1, -0.05) is 36.7 Å². The lowest BCUT2D eigenvalue weighted by atomic mass is 9.79. The van der Waals surface area contributed by atoms with E-state index >= 15 is 0 Å². The van der Waals surface area contributed by atoms with E-state index in [2.05, 4.69) is 73.6 Å². The lowest BCUT2D eigenvalue weighted by Crippen LogP contribution is -2.48. The highest BCUT2D eigenvalue weighted by molar-refractivity contribution is 7.13. The van der Waals surface area contributed by atoms with E-state index in [0.29, 0.717) is 51.5 Å². The number of piperidine rings is 3. The third-order valence-electron chi connectivity index (χ3n) is 12.3. The number of anilines is 3. The monoisotopic (exact) mass is 812 g/mol. The molecule has 11 nitrogen and oxygen atoms in total. The molecule has 57 heavy (non-hydrogen) atoms. The summed E-state index contributed by atoms with van der Waals surface area (Å²) in [5.41, 5.74) is 4.72. The van der Waals surface area contributed by atoms with Crippen molar-refractivity contribution in [2.45, 2.75) is 63.8 Å². The summed E-state index contributed by atoms with van der Waals surface area (Å²) < 4.78 is 14.6. The van der Waals surface area contributed by atoms with Gasteiger partial charge < -0.3 is 20.0 Å². The van der Waals surface area contributed by atoms with Crippen LogP contribution in [0.4, 0.5) is 21.0 Å². The second-order valence-corrected chi connectivity index (χ2v) is 17.7. The number of piperazine rings is 1. The van der Waals surface area contributed by atoms with Crippen molar-refractivity contribution in [3.05, 3.63) is 99.4 Å². The molecule has 4 aromatic rings. The number of carbonyl (C=O) groups is 3. The topological polar surface area (TPSA) is 114 Å². The number of hydrogen-bond acceptors (Lipinski definition) is 10. The van der Waals surface area contributed by atoms with Crippen LogP contribution in [-0.4, -0.2) is 101 Å². The first-order valence-corrected chi connectivity index (χ1v) is 21.4. The minimum Gasteiger partial charge on any atom is -0.371 e. The van der Waals surface area contributed by atoms with Crippen LogP contribution in [0.2, 0.25) is 5.02 Å². The van der Waals surface area contributed by atoms with Crippen LogP contribution in [0.3, 0.4) is 0 Å². The summed E-state index contributed by atoms with van der Waals surface area (Å²) in [6.07, 6.45) is 7.17. The molecule has 0 unspecified atom stereocenters. The zero-order valence-electron chi connectivity index (χ0n) is 32.4. The van der Waals surface area contributed by atoms with E-state index in [1.165, 1.54) is 23.4 Å². The molecular weight excluding hydrogens is 763 g/mol. The third-order valence-corrected chi connectivity index (χ3v) is 13.3. The number of aromatic nitrogens is 2. The van der Waals surface area contributed by atoms with E-state index in [9.17, 15) is 18.8 Å². The quantitative estimate of drug-likeness (QED) is 0.163. The van der Waals surface area contributed by atoms with E-state index in [4.69, 9.17) is 16.6 Å². The molecule has 0 saturated carbocycles. The summed E-state index contributed by atoms with van der Waals surface area (Å²) in [5.74, 6) is -0.387. The summed E-state index contributed by atoms with van der Waals surface area (Å²) in [7, 11) is 0. The van der Waals surface area contributed by atoms with Crippen molar-refractivity contribution in [3.8, 4) is 0 Å². The number of nitrogens with zero attached hydrogens (tertiary/aromatic N) is 6. The Morgan fingerprint density at radius 3 is 2.40 bits per heavy atom. The fourth-order valence-corrected chi connectivity index (χ4v) is 9.63. The number of halogens is 2. The number of likely N-dealkylation sites (tertiary alicyclic amines) is 1. The largest absolute Gasteiger partial charge is 0.371 e. The molecule has 0 aliphatic carbocycles. The van der Waals surface area contributed by atoms with E-state index in [-0.39, 0.29) is 39.6 Å². The van der Waals surface area contributed by atoms with Gasteiger partial charge in [-0.3, -0.25) is 24.6 Å². The van der Waals surface area contributed by atoms with Gasteiger partial charge in [0, 0.05) is 76.0 Å². The van der Waals surface area contributed by atoms with Gasteiger partial charge in [0.2, 0.25) is 11.8 Å². The van der Waals surface area contributed by atoms with Crippen LogP contribution in [0.5, 0.6) is 0 Å². The Balaban J connectivity index is 0.848. The van der Waals surface area contributed by atoms with Gasteiger partial charge in [-0.05, 0) is 104 Å². The molecule has 4 aliphatic rings. The molecule has 4 aliphatic heterocycles. The SMILES string of the molecule is CC1(CN2CCC(c3cc(CN4CCN(C(=O)c5cccc(Cl)c5F)CC4)nc(Nc4nccs4)c3)CC2)CCN(c2ccc([C@@H]3CCC(=O)NC3=O)cc2)CC1. The van der Waals surface area contributed by atoms with Crippen LogP contribution in [-0.2, 0) is 16.1 Å². The van der Waals surface area contributed by atoms with E-state index in [1.54, 1.807) is 28.5 Å². The highest BCUT2D eigenvalue weighted by Gasteiger charge is 2.34. The number of pyridine rings is 1. The van der Waals surface area contributed by atoms with Crippen molar-refractivity contribution < 1.29 is 18.8 Å². The van der Waals surface area contributed by atoms with E-state index in [0.717, 1.165) is 80.6 Å². The normalized spacial score (nSPS) is 21.1. The van der Waals surface area contributed by atoms with Gasteiger partial charge in [-0.15, -0.1) is 11.3 Å². The molecule has 0 bridgehead atoms. The van der Waals surface area contributed by atoms with Crippen LogP contribution in [0, 0.1) is 11.2 Å². The lowest BCUT2D eigenvalue weighted by molar-refractivity contribution is -0.134. The number of hydrogen-bond donors (Lipinski definition) is 2. The predicted octanol–water partition coefficient (Wildman–Crippen LogP) is 7.04. The standard InChI is InChI=1S/C43H50ClFN8O3S/c1-43(13-18-52(19-14-43)33-7-5-30(6-8-33)34-9-10-38(54)49-40(34)55)28-51-16-11-29(12-17-51)31-25-32(47-37(26-31)48-42-46-15-24-57-42)27-50-20-22-53(23-21-50)41(56)35-3-2-4-36(44)39(35)45/h2-8,15,24-26,29,34H,9-14,16-23,27-28H2,1H3,(H,46,47,48)(H,49,54,55)/t34-/m0/s1. The van der Waals surface area contributed by atoms with Crippen LogP contribution in [0.1, 0.15) is 84.5 Å². The molecule has 300 valence electrons. The molecule has 3 amide bonds. The molecule has 0 spiro atoms. The molecule has 4 saturated heterocycles. The van der Waals surface area contributed by atoms with Crippen molar-refractivity contribution >= 4 is 57.3 Å². The van der Waals surface area contributed by atoms with Gasteiger partial charge in [0.05, 0.1) is 22.2 Å². The number of thiazole rings is 1. The molecule has 4 fully saturated rings. The van der Waals surface area contributed by atoms with E-state index in [1.807, 2.05) is 5.38 Å². The van der Waals surface area contributed by atoms with Crippen LogP contribution >= 0.6 is 22.9 Å². The van der Waals surface area contributed by atoms with Crippen molar-refractivity contribution in [1.82, 2.24) is 30.0 Å². The van der Waals surface area contributed by atoms with Crippen LogP contribution in [0.15, 0.2) is 66.2 Å². The zero-order chi connectivity index (χ0) is 39.5. The molecular formula is C43H50ClFN8O3S. The average Bonchev–Trinajstić information content (AvgIpc) is 3.73. The minimum absolute atomic E-state index is 0.0153. The van der Waals surface area contributed by atoms with Crippen molar-refractivity contribution in [1.29, 1.82) is 0 Å². The summed E-state index contributed by atoms with van der Waals surface area (Å²) in [5, 5.41) is 8.62. The summed E-state index contributed by atoms with van der Waals surface area (Å²) in [6.45, 7) is 10.7. The highest BCUT2D eigenvalue weighted by Crippen LogP contribution is 2.37. The van der Waals surface area contributed by atoms with Crippen molar-refractivity contribution in [2.75, 3.05) is 69.1 Å². The number of nitrogens with one attached hydrogen (secondary N) is 2. The Morgan fingerprint density at radius 1 is 0.947 bits per heavy atom. The average molecular weight is 813 g/mol. The number of amides is 3. The van der Waals surface area contributed by atoms with Gasteiger partial charge in [0.25, 0.3) is 5.91 Å². The fraction of sp³-hybridized carbons (Fsp3) is 0.465. The Morgan fingerprint density at radius 2 is 1.70 bits per heavy atom. The van der Waals surface area contributed by atoms with E-state index < -0.39 is 5.82 Å². The second-order valence-electron chi connectivity index (χ2n) is 16.4. The second kappa shape index (κ2) is 17.2. The van der Waals surface area contributed by atoms with Crippen LogP contribution in [0.25, 0.3) is 0 Å². The summed E-state index contributed by atoms with van der Waals surface area (Å²) in [4.78, 5) is 55.6. The maximum Gasteiger partial charge on any atom is 0.256 e. The summed E-state index contributed by atoms with van der Waals surface area (Å²) >= 11 is 7.50. The van der Waals surface area contributed by atoms with Gasteiger partial charge in [0.15, 0.2) is 10.9 Å². The Bertz CT molecular complexity index is 2060. The molecule has 2 N–H and O–H groups in total. The van der Waals surface area contributed by atoms with Crippen LogP contribution < -0.4 is 15.5 Å². The Kier molecular flexibility index (Phi) is 11.9. The fourth-order valence-electron chi connectivity index (χ4n) is 8.92. The molecule has 8 rings (SSSR count). The summed E-state index contributed by atoms with van der Waals surface area (Å²) in [6, 6.07) is 17.4. The predicted molar refractivity (Wildman–Crippen MR) is 222 cm³/mol. The Labute approximate surface area is 342 Å². The minimum atomic E-state index is -0.664.